The summed E-state index contributed by atoms with van der Waals surface area (Å²) in [5.74, 6) is 0.425. The van der Waals surface area contributed by atoms with Crippen LogP contribution < -0.4 is 10.6 Å². The van der Waals surface area contributed by atoms with Crippen molar-refractivity contribution in [3.63, 3.8) is 0 Å². The fourth-order valence-corrected chi connectivity index (χ4v) is 2.79. The van der Waals surface area contributed by atoms with Crippen molar-refractivity contribution in [3.05, 3.63) is 24.2 Å². The van der Waals surface area contributed by atoms with Gasteiger partial charge in [-0.05, 0) is 31.9 Å². The van der Waals surface area contributed by atoms with E-state index in [9.17, 15) is 9.90 Å². The number of ether oxygens (including phenoxy) is 1. The number of carbonyl (C=O) groups excluding carboxylic acids is 1. The van der Waals surface area contributed by atoms with Gasteiger partial charge in [0.2, 0.25) is 0 Å². The quantitative estimate of drug-likeness (QED) is 0.531. The van der Waals surface area contributed by atoms with E-state index in [4.69, 9.17) is 9.15 Å². The zero-order chi connectivity index (χ0) is 16.5. The molecule has 1 aliphatic rings. The summed E-state index contributed by atoms with van der Waals surface area (Å²) in [7, 11) is 0. The van der Waals surface area contributed by atoms with Crippen molar-refractivity contribution in [3.8, 4) is 0 Å². The molecule has 0 bridgehead atoms. The Bertz CT molecular complexity index is 451. The van der Waals surface area contributed by atoms with E-state index in [-0.39, 0.29) is 12.6 Å². The van der Waals surface area contributed by atoms with Crippen LogP contribution in [-0.4, -0.2) is 36.9 Å². The second-order valence-electron chi connectivity index (χ2n) is 6.34. The van der Waals surface area contributed by atoms with Crippen LogP contribution in [0.15, 0.2) is 22.8 Å². The summed E-state index contributed by atoms with van der Waals surface area (Å²) < 4.78 is 11.0. The molecule has 1 aliphatic carbocycles. The number of urea groups is 1. The number of hydrogen-bond acceptors (Lipinski definition) is 4. The summed E-state index contributed by atoms with van der Waals surface area (Å²) in [5, 5.41) is 15.6. The molecule has 6 nitrogen and oxygen atoms in total. The fourth-order valence-electron chi connectivity index (χ4n) is 2.79. The number of hydrogen-bond donors (Lipinski definition) is 3. The van der Waals surface area contributed by atoms with Crippen LogP contribution in [-0.2, 0) is 10.3 Å². The van der Waals surface area contributed by atoms with Crippen LogP contribution in [0, 0.1) is 0 Å². The summed E-state index contributed by atoms with van der Waals surface area (Å²) in [4.78, 5) is 11.7. The van der Waals surface area contributed by atoms with Gasteiger partial charge < -0.3 is 24.9 Å². The molecule has 1 fully saturated rings. The SMILES string of the molecule is CC(O)(CNC(=O)NCCOC1CCCCCC1)c1ccco1. The minimum atomic E-state index is -1.22. The van der Waals surface area contributed by atoms with Crippen molar-refractivity contribution < 1.29 is 19.1 Å². The third kappa shape index (κ3) is 6.23. The first kappa shape index (κ1) is 17.8. The molecule has 0 saturated heterocycles. The summed E-state index contributed by atoms with van der Waals surface area (Å²) in [6, 6.07) is 3.07. The molecule has 3 N–H and O–H groups in total. The zero-order valence-corrected chi connectivity index (χ0v) is 13.8. The average molecular weight is 324 g/mol. The van der Waals surface area contributed by atoms with E-state index >= 15 is 0 Å². The van der Waals surface area contributed by atoms with Gasteiger partial charge in [0.05, 0.1) is 25.5 Å². The minimum Gasteiger partial charge on any atom is -0.466 e. The molecule has 0 radical (unpaired) electrons. The number of carbonyl (C=O) groups is 1. The lowest BCUT2D eigenvalue weighted by atomic mass is 10.0. The molecule has 0 aromatic carbocycles. The molecule has 23 heavy (non-hydrogen) atoms. The van der Waals surface area contributed by atoms with E-state index in [0.29, 0.717) is 25.0 Å². The van der Waals surface area contributed by atoms with Crippen LogP contribution in [0.25, 0.3) is 0 Å². The van der Waals surface area contributed by atoms with Crippen molar-refractivity contribution in [1.29, 1.82) is 0 Å². The highest BCUT2D eigenvalue weighted by Gasteiger charge is 2.26. The van der Waals surface area contributed by atoms with Gasteiger partial charge >= 0.3 is 6.03 Å². The molecule has 1 atom stereocenters. The maximum Gasteiger partial charge on any atom is 0.314 e. The van der Waals surface area contributed by atoms with Gasteiger partial charge in [0, 0.05) is 6.54 Å². The fraction of sp³-hybridized carbons (Fsp3) is 0.706. The molecule has 130 valence electrons. The maximum atomic E-state index is 11.7. The molecular weight excluding hydrogens is 296 g/mol. The average Bonchev–Trinajstić information content (AvgIpc) is 2.96. The van der Waals surface area contributed by atoms with E-state index < -0.39 is 5.60 Å². The van der Waals surface area contributed by atoms with Gasteiger partial charge in [0.1, 0.15) is 11.4 Å². The second-order valence-corrected chi connectivity index (χ2v) is 6.34. The van der Waals surface area contributed by atoms with Gasteiger partial charge in [0.15, 0.2) is 0 Å². The van der Waals surface area contributed by atoms with Crippen molar-refractivity contribution in [2.45, 2.75) is 57.2 Å². The minimum absolute atomic E-state index is 0.0792. The van der Waals surface area contributed by atoms with E-state index in [2.05, 4.69) is 10.6 Å². The Morgan fingerprint density at radius 2 is 2.09 bits per heavy atom. The van der Waals surface area contributed by atoms with Crippen molar-refractivity contribution in [2.75, 3.05) is 19.7 Å². The number of aliphatic hydroxyl groups is 1. The Morgan fingerprint density at radius 1 is 1.35 bits per heavy atom. The monoisotopic (exact) mass is 324 g/mol. The van der Waals surface area contributed by atoms with Gasteiger partial charge in [0.25, 0.3) is 0 Å². The molecule has 2 amide bonds. The molecule has 6 heteroatoms. The van der Waals surface area contributed by atoms with Gasteiger partial charge in [-0.15, -0.1) is 0 Å². The lowest BCUT2D eigenvalue weighted by molar-refractivity contribution is 0.0359. The van der Waals surface area contributed by atoms with Gasteiger partial charge in [-0.25, -0.2) is 4.79 Å². The molecule has 0 aliphatic heterocycles. The molecular formula is C17H28N2O4. The van der Waals surface area contributed by atoms with Crippen molar-refractivity contribution in [1.82, 2.24) is 10.6 Å². The van der Waals surface area contributed by atoms with Crippen LogP contribution in [0.4, 0.5) is 4.79 Å². The van der Waals surface area contributed by atoms with E-state index in [1.54, 1.807) is 19.1 Å². The third-order valence-corrected chi connectivity index (χ3v) is 4.19. The molecule has 1 aromatic heterocycles. The highest BCUT2D eigenvalue weighted by molar-refractivity contribution is 5.73. The molecule has 1 unspecified atom stereocenters. The maximum absolute atomic E-state index is 11.7. The lowest BCUT2D eigenvalue weighted by Gasteiger charge is -2.21. The summed E-state index contributed by atoms with van der Waals surface area (Å²) in [6.45, 7) is 2.66. The van der Waals surface area contributed by atoms with Crippen molar-refractivity contribution in [2.24, 2.45) is 0 Å². The molecule has 1 saturated carbocycles. The third-order valence-electron chi connectivity index (χ3n) is 4.19. The first-order valence-corrected chi connectivity index (χ1v) is 8.47. The summed E-state index contributed by atoms with van der Waals surface area (Å²) in [6.07, 6.45) is 9.15. The molecule has 0 spiro atoms. The van der Waals surface area contributed by atoms with Crippen LogP contribution in [0.2, 0.25) is 0 Å². The predicted molar refractivity (Wildman–Crippen MR) is 87.1 cm³/mol. The highest BCUT2D eigenvalue weighted by atomic mass is 16.5. The van der Waals surface area contributed by atoms with E-state index in [0.717, 1.165) is 12.8 Å². The lowest BCUT2D eigenvalue weighted by Crippen LogP contribution is -2.44. The first-order valence-electron chi connectivity index (χ1n) is 8.47. The number of rotatable bonds is 7. The van der Waals surface area contributed by atoms with Gasteiger partial charge in [-0.3, -0.25) is 0 Å². The Kier molecular flexibility index (Phi) is 6.92. The number of furan rings is 1. The Hall–Kier alpha value is -1.53. The Morgan fingerprint density at radius 3 is 2.74 bits per heavy atom. The summed E-state index contributed by atoms with van der Waals surface area (Å²) >= 11 is 0. The van der Waals surface area contributed by atoms with Crippen molar-refractivity contribution >= 4 is 6.03 Å². The van der Waals surface area contributed by atoms with Crippen LogP contribution >= 0.6 is 0 Å². The first-order chi connectivity index (χ1) is 11.1. The molecule has 2 rings (SSSR count). The predicted octanol–water partition coefficient (Wildman–Crippen LogP) is 2.53. The van der Waals surface area contributed by atoms with E-state index in [1.807, 2.05) is 0 Å². The Balaban J connectivity index is 1.58. The van der Waals surface area contributed by atoms with Crippen LogP contribution in [0.5, 0.6) is 0 Å². The van der Waals surface area contributed by atoms with Gasteiger partial charge in [-0.2, -0.15) is 0 Å². The van der Waals surface area contributed by atoms with E-state index in [1.165, 1.54) is 31.9 Å². The normalized spacial score (nSPS) is 18.9. The number of nitrogens with one attached hydrogen (secondary N) is 2. The topological polar surface area (TPSA) is 83.7 Å². The van der Waals surface area contributed by atoms with Crippen LogP contribution in [0.3, 0.4) is 0 Å². The highest BCUT2D eigenvalue weighted by Crippen LogP contribution is 2.20. The standard InChI is InChI=1S/C17H28N2O4/c1-17(21,15-9-6-11-23-15)13-19-16(20)18-10-12-22-14-7-4-2-3-5-8-14/h6,9,11,14,21H,2-5,7-8,10,12-13H2,1H3,(H2,18,19,20). The summed E-state index contributed by atoms with van der Waals surface area (Å²) in [5.41, 5.74) is -1.22. The van der Waals surface area contributed by atoms with Crippen LogP contribution in [0.1, 0.15) is 51.2 Å². The molecule has 1 heterocycles. The zero-order valence-electron chi connectivity index (χ0n) is 13.8. The largest absolute Gasteiger partial charge is 0.466 e. The Labute approximate surface area is 137 Å². The smallest absolute Gasteiger partial charge is 0.314 e. The number of amides is 2. The second kappa shape index (κ2) is 8.93. The van der Waals surface area contributed by atoms with Gasteiger partial charge in [-0.1, -0.05) is 25.7 Å². The molecule has 1 aromatic rings.